The fourth-order valence-electron chi connectivity index (χ4n) is 2.05. The summed E-state index contributed by atoms with van der Waals surface area (Å²) in [4.78, 5) is 2.09. The Hall–Kier alpha value is -1.06. The lowest BCUT2D eigenvalue weighted by Crippen LogP contribution is -2.20. The Bertz CT molecular complexity index is 569. The molecule has 0 aliphatic rings. The Kier molecular flexibility index (Phi) is 6.07. The molecule has 0 aliphatic heterocycles. The zero-order chi connectivity index (χ0) is 15.2. The molecule has 2 nitrogen and oxygen atoms in total. The highest BCUT2D eigenvalue weighted by atomic mass is 35.5. The number of ether oxygens (including phenoxy) is 1. The zero-order valence-electron chi connectivity index (χ0n) is 12.2. The number of likely N-dealkylation sites (N-methyl/N-ethyl adjacent to an activating group) is 1. The molecule has 0 bridgehead atoms. The Morgan fingerprint density at radius 2 is 1.67 bits per heavy atom. The second-order valence-electron chi connectivity index (χ2n) is 5.16. The van der Waals surface area contributed by atoms with E-state index in [-0.39, 0.29) is 6.10 Å². The smallest absolute Gasteiger partial charge is 0.108 e. The summed E-state index contributed by atoms with van der Waals surface area (Å²) in [5.74, 6) is 0. The predicted molar refractivity (Wildman–Crippen MR) is 89.3 cm³/mol. The van der Waals surface area contributed by atoms with Crippen molar-refractivity contribution in [2.45, 2.75) is 6.10 Å². The van der Waals surface area contributed by atoms with Gasteiger partial charge in [0.2, 0.25) is 0 Å². The third kappa shape index (κ3) is 5.01. The Morgan fingerprint density at radius 3 is 2.29 bits per heavy atom. The summed E-state index contributed by atoms with van der Waals surface area (Å²) in [5.41, 5.74) is 2.11. The minimum absolute atomic E-state index is 0.138. The largest absolute Gasteiger partial charge is 0.367 e. The molecule has 0 aromatic heterocycles. The molecule has 2 aromatic rings. The summed E-state index contributed by atoms with van der Waals surface area (Å²) in [7, 11) is 4.06. The molecule has 2 rings (SSSR count). The van der Waals surface area contributed by atoms with Crippen molar-refractivity contribution in [3.05, 3.63) is 69.7 Å². The van der Waals surface area contributed by atoms with Crippen LogP contribution >= 0.6 is 23.2 Å². The summed E-state index contributed by atoms with van der Waals surface area (Å²) >= 11 is 12.1. The van der Waals surface area contributed by atoms with E-state index in [0.717, 1.165) is 22.7 Å². The van der Waals surface area contributed by atoms with Gasteiger partial charge < -0.3 is 9.64 Å². The third-order valence-corrected chi connectivity index (χ3v) is 3.63. The summed E-state index contributed by atoms with van der Waals surface area (Å²) < 4.78 is 6.08. The molecule has 4 heteroatoms. The van der Waals surface area contributed by atoms with E-state index in [1.807, 2.05) is 62.6 Å². The number of benzene rings is 2. The van der Waals surface area contributed by atoms with Crippen LogP contribution in [0.1, 0.15) is 17.2 Å². The van der Waals surface area contributed by atoms with Crippen LogP contribution in [0.25, 0.3) is 0 Å². The van der Waals surface area contributed by atoms with Crippen LogP contribution in [0, 0.1) is 0 Å². The molecule has 0 saturated heterocycles. The Balaban J connectivity index is 2.23. The average Bonchev–Trinajstić information content (AvgIpc) is 2.44. The van der Waals surface area contributed by atoms with Gasteiger partial charge >= 0.3 is 0 Å². The van der Waals surface area contributed by atoms with E-state index >= 15 is 0 Å². The van der Waals surface area contributed by atoms with Crippen molar-refractivity contribution < 1.29 is 4.74 Å². The van der Waals surface area contributed by atoms with Crippen LogP contribution in [0.3, 0.4) is 0 Å². The van der Waals surface area contributed by atoms with Gasteiger partial charge in [0.25, 0.3) is 0 Å². The quantitative estimate of drug-likeness (QED) is 0.766. The molecule has 0 amide bonds. The summed E-state index contributed by atoms with van der Waals surface area (Å²) in [6.07, 6.45) is -0.138. The molecule has 0 heterocycles. The third-order valence-electron chi connectivity index (χ3n) is 3.15. The maximum atomic E-state index is 6.10. The minimum atomic E-state index is -0.138. The molecule has 0 spiro atoms. The van der Waals surface area contributed by atoms with Gasteiger partial charge in [0.15, 0.2) is 0 Å². The van der Waals surface area contributed by atoms with Crippen LogP contribution in [0.15, 0.2) is 48.5 Å². The number of nitrogens with zero attached hydrogens (tertiary/aromatic N) is 1. The van der Waals surface area contributed by atoms with Gasteiger partial charge in [-0.2, -0.15) is 0 Å². The lowest BCUT2D eigenvalue weighted by molar-refractivity contribution is 0.0687. The Morgan fingerprint density at radius 1 is 0.952 bits per heavy atom. The minimum Gasteiger partial charge on any atom is -0.367 e. The number of hydrogen-bond acceptors (Lipinski definition) is 2. The maximum absolute atomic E-state index is 6.10. The van der Waals surface area contributed by atoms with Gasteiger partial charge in [0.05, 0.1) is 6.61 Å². The van der Waals surface area contributed by atoms with Crippen molar-refractivity contribution in [3.8, 4) is 0 Å². The molecule has 0 radical (unpaired) electrons. The summed E-state index contributed by atoms with van der Waals surface area (Å²) in [5, 5.41) is 1.43. The molecule has 0 saturated carbocycles. The van der Waals surface area contributed by atoms with Gasteiger partial charge in [0, 0.05) is 16.6 Å². The SMILES string of the molecule is CN(C)CCOC(c1ccc(Cl)cc1)c1cccc(Cl)c1. The number of rotatable bonds is 6. The van der Waals surface area contributed by atoms with E-state index in [4.69, 9.17) is 27.9 Å². The van der Waals surface area contributed by atoms with Gasteiger partial charge in [-0.25, -0.2) is 0 Å². The molecule has 112 valence electrons. The molecule has 0 aliphatic carbocycles. The highest BCUT2D eigenvalue weighted by Gasteiger charge is 2.15. The van der Waals surface area contributed by atoms with E-state index < -0.39 is 0 Å². The van der Waals surface area contributed by atoms with Crippen molar-refractivity contribution in [1.29, 1.82) is 0 Å². The lowest BCUT2D eigenvalue weighted by Gasteiger charge is -2.20. The second kappa shape index (κ2) is 7.81. The molecular weight excluding hydrogens is 305 g/mol. The standard InChI is InChI=1S/C17H19Cl2NO/c1-20(2)10-11-21-17(13-6-8-15(18)9-7-13)14-4-3-5-16(19)12-14/h3-9,12,17H,10-11H2,1-2H3. The maximum Gasteiger partial charge on any atom is 0.108 e. The summed E-state index contributed by atoms with van der Waals surface area (Å²) in [6, 6.07) is 15.5. The van der Waals surface area contributed by atoms with Crippen molar-refractivity contribution in [3.63, 3.8) is 0 Å². The van der Waals surface area contributed by atoms with Crippen molar-refractivity contribution in [2.75, 3.05) is 27.2 Å². The molecular formula is C17H19Cl2NO. The van der Waals surface area contributed by atoms with E-state index in [1.54, 1.807) is 0 Å². The van der Waals surface area contributed by atoms with E-state index in [2.05, 4.69) is 4.90 Å². The van der Waals surface area contributed by atoms with Crippen molar-refractivity contribution in [2.24, 2.45) is 0 Å². The lowest BCUT2D eigenvalue weighted by atomic mass is 10.0. The zero-order valence-corrected chi connectivity index (χ0v) is 13.7. The fourth-order valence-corrected chi connectivity index (χ4v) is 2.37. The molecule has 1 atom stereocenters. The number of hydrogen-bond donors (Lipinski definition) is 0. The Labute approximate surface area is 136 Å². The molecule has 21 heavy (non-hydrogen) atoms. The topological polar surface area (TPSA) is 12.5 Å². The van der Waals surface area contributed by atoms with Gasteiger partial charge in [-0.1, -0.05) is 47.5 Å². The van der Waals surface area contributed by atoms with Crippen LogP contribution in [-0.2, 0) is 4.74 Å². The van der Waals surface area contributed by atoms with E-state index in [9.17, 15) is 0 Å². The van der Waals surface area contributed by atoms with Crippen LogP contribution in [0.2, 0.25) is 10.0 Å². The molecule has 2 aromatic carbocycles. The monoisotopic (exact) mass is 323 g/mol. The second-order valence-corrected chi connectivity index (χ2v) is 6.03. The van der Waals surface area contributed by atoms with Crippen LogP contribution < -0.4 is 0 Å². The van der Waals surface area contributed by atoms with E-state index in [0.29, 0.717) is 11.6 Å². The van der Waals surface area contributed by atoms with Crippen LogP contribution in [0.5, 0.6) is 0 Å². The van der Waals surface area contributed by atoms with Crippen molar-refractivity contribution in [1.82, 2.24) is 4.90 Å². The van der Waals surface area contributed by atoms with Gasteiger partial charge in [0.1, 0.15) is 6.10 Å². The average molecular weight is 324 g/mol. The van der Waals surface area contributed by atoms with Crippen molar-refractivity contribution >= 4 is 23.2 Å². The van der Waals surface area contributed by atoms with E-state index in [1.165, 1.54) is 0 Å². The fraction of sp³-hybridized carbons (Fsp3) is 0.294. The molecule has 1 unspecified atom stereocenters. The van der Waals surface area contributed by atoms with Gasteiger partial charge in [-0.3, -0.25) is 0 Å². The highest BCUT2D eigenvalue weighted by Crippen LogP contribution is 2.28. The highest BCUT2D eigenvalue weighted by molar-refractivity contribution is 6.30. The molecule has 0 fully saturated rings. The normalized spacial score (nSPS) is 12.6. The first kappa shape index (κ1) is 16.3. The summed E-state index contributed by atoms with van der Waals surface area (Å²) in [6.45, 7) is 1.51. The predicted octanol–water partition coefficient (Wildman–Crippen LogP) is 4.66. The van der Waals surface area contributed by atoms with Gasteiger partial charge in [-0.05, 0) is 49.5 Å². The van der Waals surface area contributed by atoms with Crippen LogP contribution in [-0.4, -0.2) is 32.1 Å². The first-order valence-electron chi connectivity index (χ1n) is 6.83. The molecule has 0 N–H and O–H groups in total. The first-order valence-corrected chi connectivity index (χ1v) is 7.59. The van der Waals surface area contributed by atoms with Crippen LogP contribution in [0.4, 0.5) is 0 Å². The number of halogens is 2. The first-order chi connectivity index (χ1) is 10.1. The van der Waals surface area contributed by atoms with Gasteiger partial charge in [-0.15, -0.1) is 0 Å².